The van der Waals surface area contributed by atoms with E-state index in [0.29, 0.717) is 6.04 Å². The first-order valence-corrected chi connectivity index (χ1v) is 6.96. The second-order valence-corrected chi connectivity index (χ2v) is 6.22. The van der Waals surface area contributed by atoms with Crippen molar-refractivity contribution in [3.8, 4) is 0 Å². The highest BCUT2D eigenvalue weighted by Gasteiger charge is 2.28. The molecule has 0 bridgehead atoms. The average molecular weight is 298 g/mol. The molecule has 1 fully saturated rings. The van der Waals surface area contributed by atoms with Crippen LogP contribution in [0.3, 0.4) is 0 Å². The van der Waals surface area contributed by atoms with Crippen molar-refractivity contribution in [3.63, 3.8) is 0 Å². The summed E-state index contributed by atoms with van der Waals surface area (Å²) in [5.41, 5.74) is 1.35. The van der Waals surface area contributed by atoms with Gasteiger partial charge in [-0.1, -0.05) is 28.1 Å². The first kappa shape index (κ1) is 13.1. The zero-order valence-corrected chi connectivity index (χ0v) is 12.1. The molecule has 0 spiro atoms. The Kier molecular flexibility index (Phi) is 4.23. The topological polar surface area (TPSA) is 21.3 Å². The minimum atomic E-state index is 0.0234. The summed E-state index contributed by atoms with van der Waals surface area (Å²) in [6.07, 6.45) is 2.20. The van der Waals surface area contributed by atoms with Crippen LogP contribution >= 0.6 is 15.9 Å². The van der Waals surface area contributed by atoms with Crippen LogP contribution in [0.1, 0.15) is 32.3 Å². The van der Waals surface area contributed by atoms with Crippen molar-refractivity contribution < 1.29 is 4.74 Å². The van der Waals surface area contributed by atoms with E-state index in [-0.39, 0.29) is 5.60 Å². The normalized spacial score (nSPS) is 23.6. The van der Waals surface area contributed by atoms with Gasteiger partial charge in [0.15, 0.2) is 0 Å². The Balaban J connectivity index is 1.84. The van der Waals surface area contributed by atoms with E-state index in [1.54, 1.807) is 0 Å². The molecule has 1 N–H and O–H groups in total. The molecule has 1 unspecified atom stereocenters. The van der Waals surface area contributed by atoms with E-state index in [9.17, 15) is 0 Å². The highest BCUT2D eigenvalue weighted by Crippen LogP contribution is 2.24. The van der Waals surface area contributed by atoms with Gasteiger partial charge >= 0.3 is 0 Å². The molecule has 1 heterocycles. The molecule has 1 aromatic rings. The number of benzene rings is 1. The fraction of sp³-hybridized carbons (Fsp3) is 0.571. The largest absolute Gasteiger partial charge is 0.375 e. The third-order valence-corrected chi connectivity index (χ3v) is 3.73. The molecule has 1 saturated heterocycles. The van der Waals surface area contributed by atoms with Gasteiger partial charge in [-0.2, -0.15) is 0 Å². The molecule has 1 atom stereocenters. The fourth-order valence-electron chi connectivity index (χ4n) is 2.27. The number of rotatable bonds is 3. The van der Waals surface area contributed by atoms with E-state index >= 15 is 0 Å². The van der Waals surface area contributed by atoms with Gasteiger partial charge in [0.2, 0.25) is 0 Å². The second-order valence-electron chi connectivity index (χ2n) is 5.31. The lowest BCUT2D eigenvalue weighted by Gasteiger charge is -2.36. The Morgan fingerprint density at radius 2 is 2.06 bits per heavy atom. The van der Waals surface area contributed by atoms with Crippen molar-refractivity contribution in [2.75, 3.05) is 6.61 Å². The van der Waals surface area contributed by atoms with Gasteiger partial charge < -0.3 is 10.1 Å². The SMILES string of the molecule is CC1(C)CC(NCc2ccc(Br)cc2)CCO1. The summed E-state index contributed by atoms with van der Waals surface area (Å²) < 4.78 is 6.85. The van der Waals surface area contributed by atoms with Crippen molar-refractivity contribution in [1.82, 2.24) is 5.32 Å². The van der Waals surface area contributed by atoms with E-state index < -0.39 is 0 Å². The van der Waals surface area contributed by atoms with Crippen LogP contribution in [0.25, 0.3) is 0 Å². The summed E-state index contributed by atoms with van der Waals surface area (Å²) in [6.45, 7) is 6.14. The molecular formula is C14H20BrNO. The molecule has 17 heavy (non-hydrogen) atoms. The van der Waals surface area contributed by atoms with Crippen molar-refractivity contribution >= 4 is 15.9 Å². The number of ether oxygens (including phenoxy) is 1. The van der Waals surface area contributed by atoms with Gasteiger partial charge in [0.05, 0.1) is 5.60 Å². The highest BCUT2D eigenvalue weighted by atomic mass is 79.9. The highest BCUT2D eigenvalue weighted by molar-refractivity contribution is 9.10. The van der Waals surface area contributed by atoms with Crippen LogP contribution in [0.15, 0.2) is 28.7 Å². The van der Waals surface area contributed by atoms with E-state index in [4.69, 9.17) is 4.74 Å². The first-order chi connectivity index (χ1) is 8.05. The van der Waals surface area contributed by atoms with Crippen LogP contribution in [0, 0.1) is 0 Å². The summed E-state index contributed by atoms with van der Waals surface area (Å²) in [5, 5.41) is 3.62. The molecule has 0 saturated carbocycles. The zero-order valence-electron chi connectivity index (χ0n) is 10.5. The standard InChI is InChI=1S/C14H20BrNO/c1-14(2)9-13(7-8-17-14)16-10-11-3-5-12(15)6-4-11/h3-6,13,16H,7-10H2,1-2H3. The number of nitrogens with one attached hydrogen (secondary N) is 1. The minimum Gasteiger partial charge on any atom is -0.375 e. The lowest BCUT2D eigenvalue weighted by molar-refractivity contribution is -0.0630. The van der Waals surface area contributed by atoms with Crippen molar-refractivity contribution in [2.24, 2.45) is 0 Å². The summed E-state index contributed by atoms with van der Waals surface area (Å²) in [4.78, 5) is 0. The monoisotopic (exact) mass is 297 g/mol. The Morgan fingerprint density at radius 1 is 1.35 bits per heavy atom. The quantitative estimate of drug-likeness (QED) is 0.922. The average Bonchev–Trinajstić information content (AvgIpc) is 2.27. The number of hydrogen-bond acceptors (Lipinski definition) is 2. The Hall–Kier alpha value is -0.380. The molecule has 1 aliphatic rings. The van der Waals surface area contributed by atoms with Crippen molar-refractivity contribution in [2.45, 2.75) is 44.9 Å². The van der Waals surface area contributed by atoms with Gasteiger partial charge in [-0.15, -0.1) is 0 Å². The molecule has 0 amide bonds. The molecule has 1 aromatic carbocycles. The third kappa shape index (κ3) is 4.09. The molecule has 0 aliphatic carbocycles. The van der Waals surface area contributed by atoms with Crippen molar-refractivity contribution in [3.05, 3.63) is 34.3 Å². The Morgan fingerprint density at radius 3 is 2.71 bits per heavy atom. The van der Waals surface area contributed by atoms with Crippen LogP contribution in [0.2, 0.25) is 0 Å². The summed E-state index contributed by atoms with van der Waals surface area (Å²) >= 11 is 3.45. The van der Waals surface area contributed by atoms with Gasteiger partial charge in [-0.25, -0.2) is 0 Å². The van der Waals surface area contributed by atoms with Crippen LogP contribution in [-0.4, -0.2) is 18.2 Å². The molecule has 2 rings (SSSR count). The molecule has 2 nitrogen and oxygen atoms in total. The lowest BCUT2D eigenvalue weighted by atomic mass is 9.94. The van der Waals surface area contributed by atoms with Crippen molar-refractivity contribution in [1.29, 1.82) is 0 Å². The van der Waals surface area contributed by atoms with Gasteiger partial charge in [-0.05, 0) is 44.4 Å². The summed E-state index contributed by atoms with van der Waals surface area (Å²) in [6, 6.07) is 9.06. The van der Waals surface area contributed by atoms with Gasteiger partial charge in [0.1, 0.15) is 0 Å². The van der Waals surface area contributed by atoms with E-state index in [2.05, 4.69) is 59.4 Å². The maximum absolute atomic E-state index is 5.72. The van der Waals surface area contributed by atoms with Gasteiger partial charge in [0.25, 0.3) is 0 Å². The smallest absolute Gasteiger partial charge is 0.0641 e. The molecule has 94 valence electrons. The molecule has 3 heteroatoms. The predicted octanol–water partition coefficient (Wildman–Crippen LogP) is 3.50. The van der Waals surface area contributed by atoms with Crippen LogP contribution in [-0.2, 0) is 11.3 Å². The van der Waals surface area contributed by atoms with Gasteiger partial charge in [0, 0.05) is 23.7 Å². The molecular weight excluding hydrogens is 278 g/mol. The summed E-state index contributed by atoms with van der Waals surface area (Å²) in [5.74, 6) is 0. The molecule has 0 radical (unpaired) electrons. The van der Waals surface area contributed by atoms with E-state index in [1.807, 2.05) is 0 Å². The maximum Gasteiger partial charge on any atom is 0.0641 e. The van der Waals surface area contributed by atoms with Crippen LogP contribution in [0.5, 0.6) is 0 Å². The first-order valence-electron chi connectivity index (χ1n) is 6.17. The predicted molar refractivity (Wildman–Crippen MR) is 74.0 cm³/mol. The second kappa shape index (κ2) is 5.51. The Labute approximate surface area is 112 Å². The van der Waals surface area contributed by atoms with Crippen LogP contribution < -0.4 is 5.32 Å². The van der Waals surface area contributed by atoms with E-state index in [0.717, 1.165) is 30.5 Å². The Bertz CT molecular complexity index is 361. The fourth-order valence-corrected chi connectivity index (χ4v) is 2.53. The van der Waals surface area contributed by atoms with Gasteiger partial charge in [-0.3, -0.25) is 0 Å². The maximum atomic E-state index is 5.72. The lowest BCUT2D eigenvalue weighted by Crippen LogP contribution is -2.43. The third-order valence-electron chi connectivity index (χ3n) is 3.21. The number of hydrogen-bond donors (Lipinski definition) is 1. The minimum absolute atomic E-state index is 0.0234. The molecule has 1 aliphatic heterocycles. The number of halogens is 1. The zero-order chi connectivity index (χ0) is 12.3. The molecule has 0 aromatic heterocycles. The van der Waals surface area contributed by atoms with Crippen LogP contribution in [0.4, 0.5) is 0 Å². The summed E-state index contributed by atoms with van der Waals surface area (Å²) in [7, 11) is 0. The van der Waals surface area contributed by atoms with E-state index in [1.165, 1.54) is 5.56 Å².